The summed E-state index contributed by atoms with van der Waals surface area (Å²) in [5.41, 5.74) is 3.09. The summed E-state index contributed by atoms with van der Waals surface area (Å²) >= 11 is 0. The van der Waals surface area contributed by atoms with Gasteiger partial charge in [-0.1, -0.05) is 0 Å². The Hall–Kier alpha value is -1.21. The monoisotopic (exact) mass is 109 g/mol. The molecule has 41 valence electrons. The third-order valence-corrected chi connectivity index (χ3v) is 0.801. The van der Waals surface area contributed by atoms with Gasteiger partial charge in [-0.05, 0) is 0 Å². The van der Waals surface area contributed by atoms with Gasteiger partial charge in [0.1, 0.15) is 5.70 Å². The fraction of sp³-hybridized carbons (Fsp3) is 0.200. The van der Waals surface area contributed by atoms with Crippen molar-refractivity contribution in [3.8, 4) is 0 Å². The summed E-state index contributed by atoms with van der Waals surface area (Å²) in [4.78, 5) is 9.83. The lowest BCUT2D eigenvalue weighted by Crippen LogP contribution is -2.23. The van der Waals surface area contributed by atoms with Crippen LogP contribution in [0.4, 0.5) is 0 Å². The van der Waals surface area contributed by atoms with Gasteiger partial charge in [0, 0.05) is 13.1 Å². The largest absolute Gasteiger partial charge is 0.288 e. The van der Waals surface area contributed by atoms with Crippen molar-refractivity contribution in [3.63, 3.8) is 0 Å². The van der Waals surface area contributed by atoms with Crippen LogP contribution >= 0.6 is 0 Å². The Kier molecular flexibility index (Phi) is 1.06. The molecular weight excluding hydrogens is 104 g/mol. The molecule has 0 bridgehead atoms. The van der Waals surface area contributed by atoms with Crippen LogP contribution in [-0.4, -0.2) is 18.0 Å². The highest BCUT2D eigenvalue weighted by Crippen LogP contribution is 1.95. The van der Waals surface area contributed by atoms with Gasteiger partial charge in [-0.2, -0.15) is 0 Å². The lowest BCUT2D eigenvalue weighted by atomic mass is 10.5. The van der Waals surface area contributed by atoms with E-state index in [0.717, 1.165) is 0 Å². The molecule has 0 aromatic heterocycles. The fourth-order valence-corrected chi connectivity index (χ4v) is 0.459. The van der Waals surface area contributed by atoms with Crippen LogP contribution in [0.5, 0.6) is 0 Å². The zero-order chi connectivity index (χ0) is 5.98. The van der Waals surface area contributed by atoms with Crippen molar-refractivity contribution >= 4 is 5.94 Å². The number of nitrogens with zero attached hydrogens (tertiary/aromatic N) is 1. The SMILES string of the molecule is CN1[C]=CC(=C=O)N1. The van der Waals surface area contributed by atoms with E-state index in [1.165, 1.54) is 6.08 Å². The number of nitrogens with one attached hydrogen (secondary N) is 1. The van der Waals surface area contributed by atoms with Crippen molar-refractivity contribution in [2.24, 2.45) is 0 Å². The quantitative estimate of drug-likeness (QED) is 0.424. The third-order valence-electron chi connectivity index (χ3n) is 0.801. The highest BCUT2D eigenvalue weighted by Gasteiger charge is 2.01. The van der Waals surface area contributed by atoms with E-state index in [1.807, 2.05) is 0 Å². The average molecular weight is 109 g/mol. The van der Waals surface area contributed by atoms with Gasteiger partial charge in [0.2, 0.25) is 0 Å². The van der Waals surface area contributed by atoms with Gasteiger partial charge in [0.15, 0.2) is 5.94 Å². The van der Waals surface area contributed by atoms with E-state index >= 15 is 0 Å². The van der Waals surface area contributed by atoms with E-state index in [4.69, 9.17) is 0 Å². The van der Waals surface area contributed by atoms with Gasteiger partial charge in [-0.3, -0.25) is 10.4 Å². The molecule has 0 unspecified atom stereocenters. The van der Waals surface area contributed by atoms with Crippen molar-refractivity contribution in [3.05, 3.63) is 18.0 Å². The van der Waals surface area contributed by atoms with Gasteiger partial charge in [-0.15, -0.1) is 0 Å². The van der Waals surface area contributed by atoms with Crippen LogP contribution in [0, 0.1) is 6.20 Å². The van der Waals surface area contributed by atoms with E-state index in [0.29, 0.717) is 5.70 Å². The number of hydrogen-bond donors (Lipinski definition) is 1. The lowest BCUT2D eigenvalue weighted by Gasteiger charge is -2.05. The molecule has 3 heteroatoms. The van der Waals surface area contributed by atoms with E-state index < -0.39 is 0 Å². The molecule has 0 atom stereocenters. The molecule has 0 amide bonds. The zero-order valence-corrected chi connectivity index (χ0v) is 4.43. The second-order valence-electron chi connectivity index (χ2n) is 1.46. The molecule has 1 rings (SSSR count). The van der Waals surface area contributed by atoms with Crippen molar-refractivity contribution in [2.75, 3.05) is 7.05 Å². The maximum Gasteiger partial charge on any atom is 0.152 e. The fourth-order valence-electron chi connectivity index (χ4n) is 0.459. The topological polar surface area (TPSA) is 32.3 Å². The molecule has 0 saturated carbocycles. The maximum absolute atomic E-state index is 9.83. The average Bonchev–Trinajstić information content (AvgIpc) is 2.14. The Balaban J connectivity index is 2.73. The van der Waals surface area contributed by atoms with E-state index in [9.17, 15) is 4.79 Å². The van der Waals surface area contributed by atoms with Gasteiger partial charge in [0.05, 0.1) is 6.20 Å². The molecule has 0 aromatic carbocycles. The summed E-state index contributed by atoms with van der Waals surface area (Å²) in [6.45, 7) is 0. The summed E-state index contributed by atoms with van der Waals surface area (Å²) in [6, 6.07) is 0. The molecule has 3 nitrogen and oxygen atoms in total. The normalized spacial score (nSPS) is 16.1. The minimum atomic E-state index is 0.424. The minimum Gasteiger partial charge on any atom is -0.288 e. The Morgan fingerprint density at radius 2 is 2.75 bits per heavy atom. The summed E-state index contributed by atoms with van der Waals surface area (Å²) in [7, 11) is 1.75. The summed E-state index contributed by atoms with van der Waals surface area (Å²) < 4.78 is 0. The summed E-state index contributed by atoms with van der Waals surface area (Å²) in [6.07, 6.45) is 4.25. The van der Waals surface area contributed by atoms with Gasteiger partial charge >= 0.3 is 0 Å². The molecule has 1 heterocycles. The van der Waals surface area contributed by atoms with E-state index in [-0.39, 0.29) is 0 Å². The molecule has 0 saturated heterocycles. The highest BCUT2D eigenvalue weighted by atomic mass is 16.1. The van der Waals surface area contributed by atoms with Crippen LogP contribution in [0.15, 0.2) is 11.8 Å². The van der Waals surface area contributed by atoms with Crippen LogP contribution in [0.2, 0.25) is 0 Å². The van der Waals surface area contributed by atoms with Crippen LogP contribution < -0.4 is 5.43 Å². The molecule has 0 spiro atoms. The second-order valence-corrected chi connectivity index (χ2v) is 1.46. The summed E-state index contributed by atoms with van der Waals surface area (Å²) in [5.74, 6) is 1.69. The number of allylic oxidation sites excluding steroid dienone is 1. The minimum absolute atomic E-state index is 0.424. The first kappa shape index (κ1) is 4.94. The highest BCUT2D eigenvalue weighted by molar-refractivity contribution is 5.56. The van der Waals surface area contributed by atoms with Crippen LogP contribution in [0.3, 0.4) is 0 Å². The molecule has 8 heavy (non-hydrogen) atoms. The van der Waals surface area contributed by atoms with Crippen molar-refractivity contribution in [1.29, 1.82) is 0 Å². The number of carbonyl (C=O) groups excluding carboxylic acids is 1. The second kappa shape index (κ2) is 1.72. The zero-order valence-electron chi connectivity index (χ0n) is 4.43. The van der Waals surface area contributed by atoms with Crippen molar-refractivity contribution in [2.45, 2.75) is 0 Å². The predicted octanol–water partition coefficient (Wildman–Crippen LogP) is -0.531. The first-order valence-corrected chi connectivity index (χ1v) is 2.18. The van der Waals surface area contributed by atoms with Crippen LogP contribution in [0.1, 0.15) is 0 Å². The Morgan fingerprint density at radius 1 is 2.00 bits per heavy atom. The van der Waals surface area contributed by atoms with Crippen molar-refractivity contribution < 1.29 is 4.79 Å². The smallest absolute Gasteiger partial charge is 0.152 e. The third kappa shape index (κ3) is 0.718. The Morgan fingerprint density at radius 3 is 3.00 bits per heavy atom. The number of hydrogen-bond acceptors (Lipinski definition) is 3. The molecule has 1 N–H and O–H groups in total. The lowest BCUT2D eigenvalue weighted by molar-refractivity contribution is 0.382. The molecule has 1 aliphatic heterocycles. The van der Waals surface area contributed by atoms with Gasteiger partial charge < -0.3 is 0 Å². The van der Waals surface area contributed by atoms with E-state index in [1.54, 1.807) is 18.0 Å². The number of hydrazine groups is 1. The molecule has 1 aliphatic rings. The van der Waals surface area contributed by atoms with Crippen LogP contribution in [-0.2, 0) is 4.79 Å². The molecule has 1 radical (unpaired) electrons. The molecular formula is C5H5N2O. The van der Waals surface area contributed by atoms with E-state index in [2.05, 4.69) is 11.6 Å². The molecule has 0 aliphatic carbocycles. The predicted molar refractivity (Wildman–Crippen MR) is 27.9 cm³/mol. The molecule has 0 aromatic rings. The first-order chi connectivity index (χ1) is 3.83. The standard InChI is InChI=1S/C5H5N2O/c1-7-3-2-5(4-8)6-7/h2,6H,1H3. The maximum atomic E-state index is 9.83. The van der Waals surface area contributed by atoms with Crippen molar-refractivity contribution in [1.82, 2.24) is 10.4 Å². The Bertz CT molecular complexity index is 167. The number of rotatable bonds is 0. The first-order valence-electron chi connectivity index (χ1n) is 2.18. The Labute approximate surface area is 47.3 Å². The van der Waals surface area contributed by atoms with Gasteiger partial charge in [-0.25, -0.2) is 4.79 Å². The summed E-state index contributed by atoms with van der Waals surface area (Å²) in [5, 5.41) is 1.56. The molecule has 0 fully saturated rings. The van der Waals surface area contributed by atoms with Gasteiger partial charge in [0.25, 0.3) is 0 Å². The van der Waals surface area contributed by atoms with Crippen LogP contribution in [0.25, 0.3) is 0 Å².